The van der Waals surface area contributed by atoms with Gasteiger partial charge in [-0.2, -0.15) is 13.2 Å². The van der Waals surface area contributed by atoms with Crippen molar-refractivity contribution in [2.24, 2.45) is 5.16 Å². The third-order valence-electron chi connectivity index (χ3n) is 5.53. The first-order valence-electron chi connectivity index (χ1n) is 9.66. The number of oxime groups is 1. The summed E-state index contributed by atoms with van der Waals surface area (Å²) in [6.45, 7) is 0.929. The lowest BCUT2D eigenvalue weighted by Gasteiger charge is -2.38. The van der Waals surface area contributed by atoms with Crippen LogP contribution in [0.3, 0.4) is 0 Å². The van der Waals surface area contributed by atoms with Crippen LogP contribution in [0.25, 0.3) is 0 Å². The number of methoxy groups -OCH3 is 1. The van der Waals surface area contributed by atoms with E-state index in [2.05, 4.69) is 5.16 Å². The van der Waals surface area contributed by atoms with Crippen molar-refractivity contribution in [3.63, 3.8) is 0 Å². The minimum atomic E-state index is -4.42. The van der Waals surface area contributed by atoms with Gasteiger partial charge < -0.3 is 14.5 Å². The summed E-state index contributed by atoms with van der Waals surface area (Å²) >= 11 is 0. The van der Waals surface area contributed by atoms with E-state index in [1.165, 1.54) is 6.07 Å². The highest BCUT2D eigenvalue weighted by atomic mass is 19.4. The monoisotopic (exact) mass is 418 g/mol. The van der Waals surface area contributed by atoms with E-state index in [0.717, 1.165) is 18.6 Å². The summed E-state index contributed by atoms with van der Waals surface area (Å²) in [5.74, 6) is 0.549. The van der Waals surface area contributed by atoms with Crippen molar-refractivity contribution in [2.75, 3.05) is 20.2 Å². The molecule has 8 heteroatoms. The molecule has 0 N–H and O–H groups in total. The zero-order valence-corrected chi connectivity index (χ0v) is 16.4. The van der Waals surface area contributed by atoms with Crippen LogP contribution >= 0.6 is 0 Å². The van der Waals surface area contributed by atoms with Crippen molar-refractivity contribution in [3.05, 3.63) is 65.2 Å². The summed E-state index contributed by atoms with van der Waals surface area (Å²) in [5.41, 5.74) is -0.0159. The molecule has 5 nitrogen and oxygen atoms in total. The maximum atomic E-state index is 13.0. The lowest BCUT2D eigenvalue weighted by atomic mass is 9.86. The van der Waals surface area contributed by atoms with Gasteiger partial charge in [0.2, 0.25) is 0 Å². The molecular formula is C22H21F3N2O3. The van der Waals surface area contributed by atoms with Crippen molar-refractivity contribution in [3.8, 4) is 5.75 Å². The molecule has 0 saturated carbocycles. The molecule has 0 aromatic heterocycles. The van der Waals surface area contributed by atoms with E-state index < -0.39 is 17.3 Å². The molecule has 1 fully saturated rings. The average Bonchev–Trinajstić information content (AvgIpc) is 3.16. The van der Waals surface area contributed by atoms with Gasteiger partial charge in [-0.25, -0.2) is 0 Å². The summed E-state index contributed by atoms with van der Waals surface area (Å²) in [4.78, 5) is 20.4. The topological polar surface area (TPSA) is 51.1 Å². The van der Waals surface area contributed by atoms with E-state index in [0.29, 0.717) is 48.5 Å². The number of amides is 1. The van der Waals surface area contributed by atoms with Crippen LogP contribution in [0.2, 0.25) is 0 Å². The molecule has 2 aliphatic heterocycles. The number of carbonyl (C=O) groups is 1. The third-order valence-corrected chi connectivity index (χ3v) is 5.53. The lowest BCUT2D eigenvalue weighted by molar-refractivity contribution is -0.137. The molecule has 2 aliphatic rings. The van der Waals surface area contributed by atoms with Crippen molar-refractivity contribution in [2.45, 2.75) is 31.0 Å². The van der Waals surface area contributed by atoms with Crippen LogP contribution in [0.4, 0.5) is 13.2 Å². The molecule has 2 heterocycles. The van der Waals surface area contributed by atoms with Gasteiger partial charge in [0.25, 0.3) is 5.91 Å². The number of likely N-dealkylation sites (tertiary alicyclic amines) is 1. The number of alkyl halides is 3. The first-order valence-corrected chi connectivity index (χ1v) is 9.66. The highest BCUT2D eigenvalue weighted by molar-refractivity contribution is 6.02. The van der Waals surface area contributed by atoms with Gasteiger partial charge in [0.1, 0.15) is 5.75 Å². The zero-order valence-electron chi connectivity index (χ0n) is 16.4. The van der Waals surface area contributed by atoms with E-state index in [9.17, 15) is 18.0 Å². The Morgan fingerprint density at radius 1 is 1.20 bits per heavy atom. The molecule has 2 aromatic rings. The number of piperidine rings is 1. The molecule has 4 rings (SSSR count). The Hall–Kier alpha value is -3.03. The molecule has 1 amide bonds. The maximum Gasteiger partial charge on any atom is 0.416 e. The summed E-state index contributed by atoms with van der Waals surface area (Å²) in [6, 6.07) is 12.0. The fourth-order valence-electron chi connectivity index (χ4n) is 3.96. The van der Waals surface area contributed by atoms with Crippen molar-refractivity contribution in [1.82, 2.24) is 4.90 Å². The van der Waals surface area contributed by atoms with Crippen molar-refractivity contribution >= 4 is 11.6 Å². The van der Waals surface area contributed by atoms with Crippen molar-refractivity contribution in [1.29, 1.82) is 0 Å². The second-order valence-electron chi connectivity index (χ2n) is 7.63. The van der Waals surface area contributed by atoms with E-state index in [1.54, 1.807) is 42.3 Å². The number of hydrogen-bond donors (Lipinski definition) is 0. The standard InChI is InChI=1S/C22H21F3N2O3/c1-29-18-8-6-15(7-9-18)20(28)27-11-3-10-21(14-27)13-19(26-30-21)16-4-2-5-17(12-16)22(23,24)25/h2,4-9,12H,3,10-11,13-14H2,1H3. The minimum absolute atomic E-state index is 0.118. The largest absolute Gasteiger partial charge is 0.497 e. The van der Waals surface area contributed by atoms with Crippen LogP contribution in [0.5, 0.6) is 5.75 Å². The van der Waals surface area contributed by atoms with E-state index in [4.69, 9.17) is 9.57 Å². The molecule has 1 atom stereocenters. The summed E-state index contributed by atoms with van der Waals surface area (Å²) in [6.07, 6.45) is -2.64. The molecule has 0 bridgehead atoms. The highest BCUT2D eigenvalue weighted by Crippen LogP contribution is 2.37. The van der Waals surface area contributed by atoms with Gasteiger partial charge in [-0.05, 0) is 49.2 Å². The molecule has 0 aliphatic carbocycles. The normalized spacial score (nSPS) is 21.3. The Bertz CT molecular complexity index is 972. The first kappa shape index (κ1) is 20.3. The van der Waals surface area contributed by atoms with Crippen LogP contribution in [-0.4, -0.2) is 42.3 Å². The molecule has 1 saturated heterocycles. The molecule has 158 valence electrons. The Morgan fingerprint density at radius 3 is 2.67 bits per heavy atom. The Kier molecular flexibility index (Phi) is 5.17. The predicted molar refractivity (Wildman–Crippen MR) is 105 cm³/mol. The van der Waals surface area contributed by atoms with Crippen molar-refractivity contribution < 1.29 is 27.5 Å². The fraction of sp³-hybridized carbons (Fsp3) is 0.364. The van der Waals surface area contributed by atoms with Gasteiger partial charge in [0.05, 0.1) is 24.9 Å². The fourth-order valence-corrected chi connectivity index (χ4v) is 3.96. The predicted octanol–water partition coefficient (Wildman–Crippen LogP) is 4.51. The molecule has 30 heavy (non-hydrogen) atoms. The van der Waals surface area contributed by atoms with Crippen LogP contribution in [0.1, 0.15) is 40.7 Å². The van der Waals surface area contributed by atoms with E-state index in [-0.39, 0.29) is 5.91 Å². The summed E-state index contributed by atoms with van der Waals surface area (Å²) in [5, 5.41) is 4.09. The van der Waals surface area contributed by atoms with Gasteiger partial charge in [0.15, 0.2) is 5.60 Å². The lowest BCUT2D eigenvalue weighted by Crippen LogP contribution is -2.50. The first-order chi connectivity index (χ1) is 14.3. The van der Waals surface area contributed by atoms with Gasteiger partial charge in [-0.1, -0.05) is 17.3 Å². The second-order valence-corrected chi connectivity index (χ2v) is 7.63. The van der Waals surface area contributed by atoms with E-state index in [1.807, 2.05) is 0 Å². The highest BCUT2D eigenvalue weighted by Gasteiger charge is 2.44. The maximum absolute atomic E-state index is 13.0. The van der Waals surface area contributed by atoms with Gasteiger partial charge >= 0.3 is 6.18 Å². The van der Waals surface area contributed by atoms with Crippen LogP contribution < -0.4 is 4.74 Å². The zero-order chi connectivity index (χ0) is 21.4. The molecule has 1 unspecified atom stereocenters. The Morgan fingerprint density at radius 2 is 1.97 bits per heavy atom. The SMILES string of the molecule is COc1ccc(C(=O)N2CCCC3(CC(c4cccc(C(F)(F)F)c4)=NO3)C2)cc1. The number of rotatable bonds is 3. The minimum Gasteiger partial charge on any atom is -0.497 e. The Labute approximate surface area is 172 Å². The number of ether oxygens (including phenoxy) is 1. The van der Waals surface area contributed by atoms with Gasteiger partial charge in [-0.15, -0.1) is 0 Å². The number of carbonyl (C=O) groups excluding carboxylic acids is 1. The van der Waals surface area contributed by atoms with Crippen LogP contribution in [0.15, 0.2) is 53.7 Å². The summed E-state index contributed by atoms with van der Waals surface area (Å²) in [7, 11) is 1.56. The van der Waals surface area contributed by atoms with Gasteiger partial charge in [0, 0.05) is 24.1 Å². The smallest absolute Gasteiger partial charge is 0.416 e. The molecule has 1 spiro atoms. The molecule has 2 aromatic carbocycles. The number of nitrogens with zero attached hydrogens (tertiary/aromatic N) is 2. The molecule has 0 radical (unpaired) electrons. The van der Waals surface area contributed by atoms with Crippen LogP contribution in [0, 0.1) is 0 Å². The van der Waals surface area contributed by atoms with E-state index >= 15 is 0 Å². The average molecular weight is 418 g/mol. The molecular weight excluding hydrogens is 397 g/mol. The number of benzene rings is 2. The van der Waals surface area contributed by atoms with Crippen LogP contribution in [-0.2, 0) is 11.0 Å². The number of hydrogen-bond acceptors (Lipinski definition) is 4. The van der Waals surface area contributed by atoms with Gasteiger partial charge in [-0.3, -0.25) is 4.79 Å². The summed E-state index contributed by atoms with van der Waals surface area (Å²) < 4.78 is 44.2. The Balaban J connectivity index is 1.48. The second kappa shape index (κ2) is 7.66. The quantitative estimate of drug-likeness (QED) is 0.737. The number of halogens is 3. The third kappa shape index (κ3) is 3.99.